The third-order valence-corrected chi connectivity index (χ3v) is 2.25. The van der Waals surface area contributed by atoms with Crippen LogP contribution in [0.25, 0.3) is 0 Å². The smallest absolute Gasteiger partial charge is 0.217 e. The summed E-state index contributed by atoms with van der Waals surface area (Å²) in [6.45, 7) is 0.638. The average Bonchev–Trinajstić information content (AvgIpc) is 2.30. The van der Waals surface area contributed by atoms with E-state index in [1.807, 2.05) is 6.07 Å². The van der Waals surface area contributed by atoms with Crippen LogP contribution in [0.4, 0.5) is 11.5 Å². The van der Waals surface area contributed by atoms with Crippen molar-refractivity contribution in [3.63, 3.8) is 0 Å². The molecule has 0 fully saturated rings. The van der Waals surface area contributed by atoms with Crippen LogP contribution < -0.4 is 16.8 Å². The van der Waals surface area contributed by atoms with Crippen LogP contribution in [-0.4, -0.2) is 17.4 Å². The Labute approximate surface area is 99.6 Å². The fourth-order valence-corrected chi connectivity index (χ4v) is 1.34. The molecule has 17 heavy (non-hydrogen) atoms. The van der Waals surface area contributed by atoms with E-state index in [2.05, 4.69) is 10.3 Å². The lowest BCUT2D eigenvalue weighted by atomic mass is 10.2. The Morgan fingerprint density at radius 2 is 2.29 bits per heavy atom. The van der Waals surface area contributed by atoms with Gasteiger partial charge in [0.2, 0.25) is 5.91 Å². The number of nitriles is 1. The Hall–Kier alpha value is -2.29. The van der Waals surface area contributed by atoms with E-state index in [-0.39, 0.29) is 5.91 Å². The summed E-state index contributed by atoms with van der Waals surface area (Å²) in [5, 5.41) is 11.8. The summed E-state index contributed by atoms with van der Waals surface area (Å²) in [6.07, 6.45) is 3.42. The lowest BCUT2D eigenvalue weighted by Gasteiger charge is -2.08. The number of nitrogens with zero attached hydrogens (tertiary/aromatic N) is 2. The molecule has 0 aliphatic heterocycles. The molecule has 0 atom stereocenters. The van der Waals surface area contributed by atoms with Gasteiger partial charge in [-0.1, -0.05) is 0 Å². The number of hydrogen-bond donors (Lipinski definition) is 3. The van der Waals surface area contributed by atoms with Crippen molar-refractivity contribution in [2.24, 2.45) is 5.73 Å². The van der Waals surface area contributed by atoms with Gasteiger partial charge in [0.1, 0.15) is 6.07 Å². The molecule has 0 bridgehead atoms. The van der Waals surface area contributed by atoms with Gasteiger partial charge in [-0.25, -0.2) is 4.98 Å². The summed E-state index contributed by atoms with van der Waals surface area (Å²) in [7, 11) is 0. The van der Waals surface area contributed by atoms with Crippen LogP contribution in [0.3, 0.4) is 0 Å². The van der Waals surface area contributed by atoms with Gasteiger partial charge in [-0.3, -0.25) is 4.79 Å². The first-order valence-electron chi connectivity index (χ1n) is 5.32. The second kappa shape index (κ2) is 6.33. The monoisotopic (exact) mass is 233 g/mol. The van der Waals surface area contributed by atoms with Gasteiger partial charge in [0.25, 0.3) is 0 Å². The molecule has 0 saturated carbocycles. The van der Waals surface area contributed by atoms with Crippen molar-refractivity contribution in [3.8, 4) is 6.07 Å². The summed E-state index contributed by atoms with van der Waals surface area (Å²) in [4.78, 5) is 14.5. The number of amides is 1. The quantitative estimate of drug-likeness (QED) is 0.622. The van der Waals surface area contributed by atoms with Crippen LogP contribution in [0.5, 0.6) is 0 Å². The zero-order valence-electron chi connectivity index (χ0n) is 9.44. The molecule has 1 rings (SSSR count). The third kappa shape index (κ3) is 3.99. The summed E-state index contributed by atoms with van der Waals surface area (Å²) < 4.78 is 0. The molecule has 0 aromatic carbocycles. The highest BCUT2D eigenvalue weighted by Crippen LogP contribution is 2.18. The molecule has 1 heterocycles. The third-order valence-electron chi connectivity index (χ3n) is 2.25. The van der Waals surface area contributed by atoms with Crippen molar-refractivity contribution in [1.82, 2.24) is 4.98 Å². The van der Waals surface area contributed by atoms with Crippen molar-refractivity contribution in [2.75, 3.05) is 17.6 Å². The van der Waals surface area contributed by atoms with Crippen molar-refractivity contribution in [1.29, 1.82) is 5.26 Å². The topological polar surface area (TPSA) is 118 Å². The Kier molecular flexibility index (Phi) is 4.76. The molecular weight excluding hydrogens is 218 g/mol. The first-order chi connectivity index (χ1) is 8.15. The Morgan fingerprint density at radius 3 is 2.94 bits per heavy atom. The molecule has 1 aromatic heterocycles. The predicted molar refractivity (Wildman–Crippen MR) is 64.9 cm³/mol. The number of unbranched alkanes of at least 4 members (excludes halogenated alkanes) is 1. The molecule has 1 aromatic rings. The number of carbonyl (C=O) groups excluding carboxylic acids is 1. The zero-order chi connectivity index (χ0) is 12.7. The summed E-state index contributed by atoms with van der Waals surface area (Å²) in [5.41, 5.74) is 11.5. The number of primary amides is 1. The first kappa shape index (κ1) is 12.8. The molecule has 1 amide bonds. The molecule has 6 heteroatoms. The molecule has 0 aliphatic rings. The van der Waals surface area contributed by atoms with Crippen LogP contribution in [0.15, 0.2) is 12.3 Å². The Bertz CT molecular complexity index is 438. The second-order valence-corrected chi connectivity index (χ2v) is 3.58. The van der Waals surface area contributed by atoms with E-state index in [9.17, 15) is 4.79 Å². The van der Waals surface area contributed by atoms with E-state index in [1.54, 1.807) is 6.07 Å². The van der Waals surface area contributed by atoms with Crippen LogP contribution in [-0.2, 0) is 4.79 Å². The molecular formula is C11H15N5O. The van der Waals surface area contributed by atoms with Crippen LogP contribution in [0.2, 0.25) is 0 Å². The lowest BCUT2D eigenvalue weighted by molar-refractivity contribution is -0.118. The van der Waals surface area contributed by atoms with Crippen molar-refractivity contribution < 1.29 is 4.79 Å². The Balaban J connectivity index is 2.42. The fourth-order valence-electron chi connectivity index (χ4n) is 1.34. The standard InChI is InChI=1S/C11H15N5O/c12-7-8-4-6-16-11(10(8)14)15-5-2-1-3-9(13)17/h4,6H,1-3,5,14H2,(H2,13,17)(H,15,16). The predicted octanol–water partition coefficient (Wildman–Crippen LogP) is 0.603. The van der Waals surface area contributed by atoms with E-state index in [1.165, 1.54) is 6.20 Å². The maximum absolute atomic E-state index is 10.5. The van der Waals surface area contributed by atoms with Crippen molar-refractivity contribution in [2.45, 2.75) is 19.3 Å². The summed E-state index contributed by atoms with van der Waals surface area (Å²) >= 11 is 0. The number of aromatic nitrogens is 1. The molecule has 0 radical (unpaired) electrons. The number of anilines is 2. The van der Waals surface area contributed by atoms with E-state index in [4.69, 9.17) is 16.7 Å². The molecule has 6 nitrogen and oxygen atoms in total. The summed E-state index contributed by atoms with van der Waals surface area (Å²) in [5.74, 6) is 0.206. The number of pyridine rings is 1. The number of nitrogens with two attached hydrogens (primary N) is 2. The maximum atomic E-state index is 10.5. The minimum atomic E-state index is -0.297. The second-order valence-electron chi connectivity index (χ2n) is 3.58. The highest BCUT2D eigenvalue weighted by molar-refractivity contribution is 5.73. The van der Waals surface area contributed by atoms with Gasteiger partial charge in [0.15, 0.2) is 5.82 Å². The summed E-state index contributed by atoms with van der Waals surface area (Å²) in [6, 6.07) is 3.55. The number of carbonyl (C=O) groups is 1. The van der Waals surface area contributed by atoms with E-state index >= 15 is 0 Å². The zero-order valence-corrected chi connectivity index (χ0v) is 9.44. The molecule has 0 aliphatic carbocycles. The van der Waals surface area contributed by atoms with Crippen LogP contribution >= 0.6 is 0 Å². The van der Waals surface area contributed by atoms with E-state index in [0.29, 0.717) is 30.0 Å². The van der Waals surface area contributed by atoms with Gasteiger partial charge < -0.3 is 16.8 Å². The highest BCUT2D eigenvalue weighted by Gasteiger charge is 2.04. The highest BCUT2D eigenvalue weighted by atomic mass is 16.1. The van der Waals surface area contributed by atoms with Crippen LogP contribution in [0, 0.1) is 11.3 Å². The van der Waals surface area contributed by atoms with Gasteiger partial charge in [-0.15, -0.1) is 0 Å². The maximum Gasteiger partial charge on any atom is 0.217 e. The molecule has 0 saturated heterocycles. The van der Waals surface area contributed by atoms with Gasteiger partial charge in [-0.05, 0) is 18.9 Å². The average molecular weight is 233 g/mol. The molecule has 5 N–H and O–H groups in total. The normalized spacial score (nSPS) is 9.59. The number of nitrogen functional groups attached to an aromatic ring is 1. The SMILES string of the molecule is N#Cc1ccnc(NCCCCC(N)=O)c1N. The molecule has 0 unspecified atom stereocenters. The van der Waals surface area contributed by atoms with Gasteiger partial charge in [0.05, 0.1) is 11.3 Å². The van der Waals surface area contributed by atoms with Crippen molar-refractivity contribution >= 4 is 17.4 Å². The fraction of sp³-hybridized carbons (Fsp3) is 0.364. The van der Waals surface area contributed by atoms with Gasteiger partial charge in [0, 0.05) is 19.2 Å². The van der Waals surface area contributed by atoms with Crippen LogP contribution in [0.1, 0.15) is 24.8 Å². The van der Waals surface area contributed by atoms with E-state index < -0.39 is 0 Å². The Morgan fingerprint density at radius 1 is 1.53 bits per heavy atom. The minimum Gasteiger partial charge on any atom is -0.395 e. The van der Waals surface area contributed by atoms with Gasteiger partial charge >= 0.3 is 0 Å². The minimum absolute atomic E-state index is 0.297. The number of hydrogen-bond acceptors (Lipinski definition) is 5. The van der Waals surface area contributed by atoms with Crippen molar-refractivity contribution in [3.05, 3.63) is 17.8 Å². The number of rotatable bonds is 6. The lowest BCUT2D eigenvalue weighted by Crippen LogP contribution is -2.11. The number of nitrogens with one attached hydrogen (secondary N) is 1. The first-order valence-corrected chi connectivity index (χ1v) is 5.32. The molecule has 90 valence electrons. The molecule has 0 spiro atoms. The largest absolute Gasteiger partial charge is 0.395 e. The van der Waals surface area contributed by atoms with Gasteiger partial charge in [-0.2, -0.15) is 5.26 Å². The van der Waals surface area contributed by atoms with E-state index in [0.717, 1.165) is 12.8 Å².